The van der Waals surface area contributed by atoms with Gasteiger partial charge >= 0.3 is 0 Å². The molecule has 50 valence electrons. The zero-order valence-corrected chi connectivity index (χ0v) is 8.30. The molecule has 0 fully saturated rings. The quantitative estimate of drug-likeness (QED) is 0.595. The third kappa shape index (κ3) is 3.20. The summed E-state index contributed by atoms with van der Waals surface area (Å²) in [5, 5.41) is 1.91. The van der Waals surface area contributed by atoms with Crippen molar-refractivity contribution < 1.29 is 0 Å². The first-order valence-corrected chi connectivity index (χ1v) is 3.25. The summed E-state index contributed by atoms with van der Waals surface area (Å²) < 4.78 is 0. The Kier molecular flexibility index (Phi) is 4.47. The molecule has 0 heterocycles. The molecule has 1 aromatic rings. The molecule has 1 rings (SSSR count). The minimum Gasteiger partial charge on any atom is -0.114 e. The van der Waals surface area contributed by atoms with Crippen LogP contribution in [0.25, 0.3) is 0 Å². The van der Waals surface area contributed by atoms with Crippen LogP contribution in [0.2, 0.25) is 5.02 Å². The van der Waals surface area contributed by atoms with Gasteiger partial charge in [0.1, 0.15) is 0 Å². The van der Waals surface area contributed by atoms with Crippen molar-refractivity contribution in [3.63, 3.8) is 0 Å². The molecule has 0 radical (unpaired) electrons. The monoisotopic (exact) mass is 224 g/mol. The summed E-state index contributed by atoms with van der Waals surface area (Å²) in [6.07, 6.45) is 0. The molecular weight excluding hydrogens is 218 g/mol. The topological polar surface area (TPSA) is 0 Å². The van der Waals surface area contributed by atoms with E-state index in [0.29, 0.717) is 0 Å². The van der Waals surface area contributed by atoms with Gasteiger partial charge in [0.25, 0.3) is 0 Å². The predicted molar refractivity (Wildman–Crippen MR) is 51.1 cm³/mol. The van der Waals surface area contributed by atoms with E-state index in [0.717, 1.165) is 10.3 Å². The summed E-state index contributed by atoms with van der Waals surface area (Å²) in [4.78, 5) is 0. The average Bonchev–Trinajstić information content (AvgIpc) is 1.64. The van der Waals surface area contributed by atoms with Gasteiger partial charge in [-0.2, -0.15) is 0 Å². The Morgan fingerprint density at radius 1 is 1.33 bits per heavy atom. The van der Waals surface area contributed by atoms with E-state index in [1.807, 2.05) is 24.3 Å². The average molecular weight is 225 g/mol. The van der Waals surface area contributed by atoms with Crippen LogP contribution in [0.15, 0.2) is 24.3 Å². The van der Waals surface area contributed by atoms with Gasteiger partial charge in [-0.05, 0) is 17.4 Å². The standard InChI is InChI=1S/C6H6ClP.BrH/c7-5-2-1-3-6(8)4-5;/h1-4H,8H2;1H. The molecule has 0 spiro atoms. The molecular formula is C6H7BrClP. The van der Waals surface area contributed by atoms with E-state index in [1.165, 1.54) is 0 Å². The maximum absolute atomic E-state index is 5.63. The summed E-state index contributed by atoms with van der Waals surface area (Å²) in [6.45, 7) is 0. The van der Waals surface area contributed by atoms with Gasteiger partial charge in [-0.3, -0.25) is 0 Å². The first kappa shape index (κ1) is 9.42. The molecule has 9 heavy (non-hydrogen) atoms. The van der Waals surface area contributed by atoms with Crippen LogP contribution in [0.5, 0.6) is 0 Å². The zero-order valence-electron chi connectivity index (χ0n) is 4.67. The minimum absolute atomic E-state index is 0. The SMILES string of the molecule is Br.Pc1cccc(Cl)c1. The van der Waals surface area contributed by atoms with Gasteiger partial charge in [-0.25, -0.2) is 0 Å². The Morgan fingerprint density at radius 2 is 2.00 bits per heavy atom. The van der Waals surface area contributed by atoms with E-state index in [9.17, 15) is 0 Å². The van der Waals surface area contributed by atoms with E-state index < -0.39 is 0 Å². The van der Waals surface area contributed by atoms with Gasteiger partial charge in [-0.1, -0.05) is 23.7 Å². The Balaban J connectivity index is 0.000000640. The molecule has 1 atom stereocenters. The number of halogens is 2. The molecule has 0 amide bonds. The summed E-state index contributed by atoms with van der Waals surface area (Å²) in [5.74, 6) is 0. The largest absolute Gasteiger partial charge is 0.114 e. The van der Waals surface area contributed by atoms with Crippen LogP contribution < -0.4 is 5.30 Å². The van der Waals surface area contributed by atoms with E-state index >= 15 is 0 Å². The highest BCUT2D eigenvalue weighted by atomic mass is 79.9. The van der Waals surface area contributed by atoms with Gasteiger partial charge in [0, 0.05) is 5.02 Å². The van der Waals surface area contributed by atoms with Gasteiger partial charge in [0.05, 0.1) is 0 Å². The van der Waals surface area contributed by atoms with E-state index in [2.05, 4.69) is 9.24 Å². The zero-order chi connectivity index (χ0) is 5.98. The highest BCUT2D eigenvalue weighted by molar-refractivity contribution is 8.93. The highest BCUT2D eigenvalue weighted by Gasteiger charge is 1.83. The maximum Gasteiger partial charge on any atom is 0.0412 e. The van der Waals surface area contributed by atoms with Crippen LogP contribution in [0.1, 0.15) is 0 Å². The van der Waals surface area contributed by atoms with Crippen LogP contribution in [0.3, 0.4) is 0 Å². The van der Waals surface area contributed by atoms with Crippen molar-refractivity contribution in [3.05, 3.63) is 29.3 Å². The lowest BCUT2D eigenvalue weighted by atomic mass is 10.4. The van der Waals surface area contributed by atoms with Gasteiger partial charge in [0.2, 0.25) is 0 Å². The second-order valence-corrected chi connectivity index (χ2v) is 2.66. The van der Waals surface area contributed by atoms with E-state index in [1.54, 1.807) is 0 Å². The van der Waals surface area contributed by atoms with Crippen molar-refractivity contribution in [2.75, 3.05) is 0 Å². The van der Waals surface area contributed by atoms with Crippen LogP contribution in [0, 0.1) is 0 Å². The summed E-state index contributed by atoms with van der Waals surface area (Å²) in [5.41, 5.74) is 0. The number of rotatable bonds is 0. The fourth-order valence-electron chi connectivity index (χ4n) is 0.507. The highest BCUT2D eigenvalue weighted by Crippen LogP contribution is 2.04. The van der Waals surface area contributed by atoms with Crippen molar-refractivity contribution in [2.24, 2.45) is 0 Å². The molecule has 0 nitrogen and oxygen atoms in total. The summed E-state index contributed by atoms with van der Waals surface area (Å²) in [6, 6.07) is 7.66. The van der Waals surface area contributed by atoms with Gasteiger partial charge in [-0.15, -0.1) is 26.2 Å². The van der Waals surface area contributed by atoms with Crippen molar-refractivity contribution in [1.29, 1.82) is 0 Å². The van der Waals surface area contributed by atoms with Crippen LogP contribution in [-0.4, -0.2) is 0 Å². The summed E-state index contributed by atoms with van der Waals surface area (Å²) >= 11 is 5.63. The molecule has 1 unspecified atom stereocenters. The minimum atomic E-state index is 0. The second-order valence-electron chi connectivity index (χ2n) is 1.56. The molecule has 0 N–H and O–H groups in total. The van der Waals surface area contributed by atoms with Crippen molar-refractivity contribution in [2.45, 2.75) is 0 Å². The molecule has 0 aliphatic rings. The fourth-order valence-corrected chi connectivity index (χ4v) is 1.10. The third-order valence-corrected chi connectivity index (χ3v) is 1.44. The molecule has 0 aliphatic heterocycles. The lowest BCUT2D eigenvalue weighted by Crippen LogP contribution is -1.84. The van der Waals surface area contributed by atoms with Crippen molar-refractivity contribution in [3.8, 4) is 0 Å². The lowest BCUT2D eigenvalue weighted by Gasteiger charge is -1.88. The number of hydrogen-bond acceptors (Lipinski definition) is 0. The van der Waals surface area contributed by atoms with Crippen molar-refractivity contribution in [1.82, 2.24) is 0 Å². The van der Waals surface area contributed by atoms with Crippen LogP contribution in [-0.2, 0) is 0 Å². The van der Waals surface area contributed by atoms with Gasteiger partial charge < -0.3 is 0 Å². The van der Waals surface area contributed by atoms with Crippen molar-refractivity contribution >= 4 is 43.1 Å². The van der Waals surface area contributed by atoms with Crippen LogP contribution in [0.4, 0.5) is 0 Å². The molecule has 0 bridgehead atoms. The molecule has 0 aromatic heterocycles. The fraction of sp³-hybridized carbons (Fsp3) is 0. The normalized spacial score (nSPS) is 8.22. The number of benzene rings is 1. The Labute approximate surface area is 72.6 Å². The second kappa shape index (κ2) is 4.27. The van der Waals surface area contributed by atoms with Crippen LogP contribution >= 0.6 is 37.8 Å². The number of hydrogen-bond donors (Lipinski definition) is 0. The molecule has 3 heteroatoms. The first-order valence-electron chi connectivity index (χ1n) is 2.30. The smallest absolute Gasteiger partial charge is 0.0412 e. The first-order chi connectivity index (χ1) is 3.79. The molecule has 0 saturated carbocycles. The van der Waals surface area contributed by atoms with E-state index in [4.69, 9.17) is 11.6 Å². The molecule has 0 saturated heterocycles. The third-order valence-electron chi connectivity index (χ3n) is 0.849. The lowest BCUT2D eigenvalue weighted by molar-refractivity contribution is 1.77. The van der Waals surface area contributed by atoms with E-state index in [-0.39, 0.29) is 17.0 Å². The molecule has 0 aliphatic carbocycles. The Hall–Kier alpha value is 0.420. The molecule has 1 aromatic carbocycles. The van der Waals surface area contributed by atoms with Gasteiger partial charge in [0.15, 0.2) is 0 Å². The Morgan fingerprint density at radius 3 is 2.33 bits per heavy atom. The Bertz CT molecular complexity index is 173. The summed E-state index contributed by atoms with van der Waals surface area (Å²) in [7, 11) is 2.58. The maximum atomic E-state index is 5.63. The predicted octanol–water partition coefficient (Wildman–Crippen LogP) is 2.42.